The van der Waals surface area contributed by atoms with Gasteiger partial charge in [-0.1, -0.05) is 36.5 Å². The van der Waals surface area contributed by atoms with Crippen molar-refractivity contribution in [1.29, 1.82) is 0 Å². The van der Waals surface area contributed by atoms with E-state index >= 15 is 0 Å². The first-order valence-corrected chi connectivity index (χ1v) is 10.9. The zero-order valence-electron chi connectivity index (χ0n) is 17.7. The number of benzene rings is 1. The molecule has 154 valence electrons. The number of pyridine rings is 1. The molecule has 0 saturated carbocycles. The van der Waals surface area contributed by atoms with Crippen molar-refractivity contribution in [2.75, 3.05) is 4.90 Å². The Morgan fingerprint density at radius 2 is 2.07 bits per heavy atom. The first kappa shape index (κ1) is 20.2. The van der Waals surface area contributed by atoms with Gasteiger partial charge in [0.25, 0.3) is 5.91 Å². The van der Waals surface area contributed by atoms with E-state index in [9.17, 15) is 4.79 Å². The number of para-hydroxylation sites is 1. The zero-order chi connectivity index (χ0) is 21.3. The molecule has 0 spiro atoms. The van der Waals surface area contributed by atoms with Crippen molar-refractivity contribution in [3.8, 4) is 0 Å². The van der Waals surface area contributed by atoms with Gasteiger partial charge in [-0.2, -0.15) is 5.10 Å². The Morgan fingerprint density at radius 3 is 2.77 bits per heavy atom. The van der Waals surface area contributed by atoms with Crippen LogP contribution in [0.1, 0.15) is 54.1 Å². The number of hydrogen-bond donors (Lipinski definition) is 0. The zero-order valence-corrected chi connectivity index (χ0v) is 18.5. The SMILES string of the molecule is CCc1cccc2sc(N(Cc3cccnc3)C(=O)c3cc(C)nn3C(C)C)nc12. The second kappa shape index (κ2) is 8.36. The fourth-order valence-electron chi connectivity index (χ4n) is 3.50. The van der Waals surface area contributed by atoms with Crippen LogP contribution in [-0.2, 0) is 13.0 Å². The molecule has 7 heteroatoms. The summed E-state index contributed by atoms with van der Waals surface area (Å²) in [6.07, 6.45) is 4.42. The number of carbonyl (C=O) groups excluding carboxylic acids is 1. The van der Waals surface area contributed by atoms with Gasteiger partial charge < -0.3 is 0 Å². The molecule has 1 amide bonds. The fourth-order valence-corrected chi connectivity index (χ4v) is 4.51. The standard InChI is InChI=1S/C23H25N5OS/c1-5-18-9-6-10-20-21(18)25-23(30-20)27(14-17-8-7-11-24-13-17)22(29)19-12-16(4)26-28(19)15(2)3/h6-13,15H,5,14H2,1-4H3. The van der Waals surface area contributed by atoms with Gasteiger partial charge >= 0.3 is 0 Å². The summed E-state index contributed by atoms with van der Waals surface area (Å²) in [4.78, 5) is 24.6. The van der Waals surface area contributed by atoms with E-state index in [1.54, 1.807) is 33.3 Å². The van der Waals surface area contributed by atoms with Crippen LogP contribution in [0.5, 0.6) is 0 Å². The van der Waals surface area contributed by atoms with E-state index in [1.165, 1.54) is 5.56 Å². The Labute approximate surface area is 180 Å². The summed E-state index contributed by atoms with van der Waals surface area (Å²) in [5.74, 6) is -0.106. The molecule has 4 rings (SSSR count). The van der Waals surface area contributed by atoms with Crippen LogP contribution in [0.3, 0.4) is 0 Å². The highest BCUT2D eigenvalue weighted by atomic mass is 32.1. The molecule has 6 nitrogen and oxygen atoms in total. The Balaban J connectivity index is 1.82. The minimum atomic E-state index is -0.106. The maximum Gasteiger partial charge on any atom is 0.278 e. The smallest absolute Gasteiger partial charge is 0.278 e. The maximum absolute atomic E-state index is 13.7. The quantitative estimate of drug-likeness (QED) is 0.432. The molecule has 0 N–H and O–H groups in total. The summed E-state index contributed by atoms with van der Waals surface area (Å²) in [5, 5.41) is 5.21. The van der Waals surface area contributed by atoms with Gasteiger partial charge in [0.05, 0.1) is 22.5 Å². The molecular formula is C23H25N5OS. The predicted molar refractivity (Wildman–Crippen MR) is 121 cm³/mol. The molecule has 1 aromatic carbocycles. The number of rotatable bonds is 6. The lowest BCUT2D eigenvalue weighted by molar-refractivity contribution is 0.0973. The topological polar surface area (TPSA) is 63.9 Å². The van der Waals surface area contributed by atoms with Crippen molar-refractivity contribution in [2.45, 2.75) is 46.7 Å². The molecule has 0 saturated heterocycles. The molecule has 0 unspecified atom stereocenters. The lowest BCUT2D eigenvalue weighted by atomic mass is 10.1. The van der Waals surface area contributed by atoms with Crippen LogP contribution < -0.4 is 4.90 Å². The van der Waals surface area contributed by atoms with E-state index in [-0.39, 0.29) is 11.9 Å². The van der Waals surface area contributed by atoms with E-state index in [2.05, 4.69) is 29.1 Å². The van der Waals surface area contributed by atoms with Crippen molar-refractivity contribution in [1.82, 2.24) is 19.7 Å². The molecule has 0 aliphatic heterocycles. The average molecular weight is 420 g/mol. The van der Waals surface area contributed by atoms with Crippen LogP contribution in [0.4, 0.5) is 5.13 Å². The second-order valence-electron chi connectivity index (χ2n) is 7.58. The van der Waals surface area contributed by atoms with Gasteiger partial charge in [-0.3, -0.25) is 19.4 Å². The van der Waals surface area contributed by atoms with Gasteiger partial charge in [-0.05, 0) is 56.5 Å². The van der Waals surface area contributed by atoms with Gasteiger partial charge in [-0.25, -0.2) is 4.98 Å². The van der Waals surface area contributed by atoms with E-state index in [1.807, 2.05) is 45.0 Å². The minimum absolute atomic E-state index is 0.0833. The Kier molecular flexibility index (Phi) is 5.63. The first-order chi connectivity index (χ1) is 14.5. The maximum atomic E-state index is 13.7. The van der Waals surface area contributed by atoms with Crippen LogP contribution in [0.15, 0.2) is 48.8 Å². The Hall–Kier alpha value is -3.06. The average Bonchev–Trinajstić information content (AvgIpc) is 3.35. The lowest BCUT2D eigenvalue weighted by Gasteiger charge is -2.21. The largest absolute Gasteiger partial charge is 0.278 e. The monoisotopic (exact) mass is 419 g/mol. The molecular weight excluding hydrogens is 394 g/mol. The van der Waals surface area contributed by atoms with Crippen LogP contribution in [0.2, 0.25) is 0 Å². The highest BCUT2D eigenvalue weighted by Crippen LogP contribution is 2.33. The van der Waals surface area contributed by atoms with Crippen molar-refractivity contribution in [3.63, 3.8) is 0 Å². The van der Waals surface area contributed by atoms with E-state index in [4.69, 9.17) is 4.98 Å². The number of anilines is 1. The van der Waals surface area contributed by atoms with Gasteiger partial charge in [0, 0.05) is 18.4 Å². The summed E-state index contributed by atoms with van der Waals surface area (Å²) in [6, 6.07) is 12.0. The van der Waals surface area contributed by atoms with Gasteiger partial charge in [-0.15, -0.1) is 0 Å². The summed E-state index contributed by atoms with van der Waals surface area (Å²) >= 11 is 1.54. The van der Waals surface area contributed by atoms with Crippen LogP contribution in [0, 0.1) is 6.92 Å². The molecule has 0 bridgehead atoms. The van der Waals surface area contributed by atoms with Crippen molar-refractivity contribution >= 4 is 32.6 Å². The lowest BCUT2D eigenvalue weighted by Crippen LogP contribution is -2.32. The highest BCUT2D eigenvalue weighted by molar-refractivity contribution is 7.22. The van der Waals surface area contributed by atoms with Crippen LogP contribution in [-0.4, -0.2) is 25.7 Å². The molecule has 0 aliphatic carbocycles. The van der Waals surface area contributed by atoms with Gasteiger partial charge in [0.1, 0.15) is 5.69 Å². The van der Waals surface area contributed by atoms with Gasteiger partial charge in [0.15, 0.2) is 5.13 Å². The van der Waals surface area contributed by atoms with Crippen molar-refractivity contribution in [3.05, 3.63) is 71.3 Å². The molecule has 30 heavy (non-hydrogen) atoms. The number of thiazole rings is 1. The molecule has 0 atom stereocenters. The summed E-state index contributed by atoms with van der Waals surface area (Å²) < 4.78 is 2.88. The molecule has 0 aliphatic rings. The molecule has 0 fully saturated rings. The van der Waals surface area contributed by atoms with Crippen LogP contribution >= 0.6 is 11.3 Å². The van der Waals surface area contributed by atoms with Gasteiger partial charge in [0.2, 0.25) is 0 Å². The third-order valence-electron chi connectivity index (χ3n) is 4.98. The summed E-state index contributed by atoms with van der Waals surface area (Å²) in [5.41, 5.74) is 4.50. The summed E-state index contributed by atoms with van der Waals surface area (Å²) in [7, 11) is 0. The van der Waals surface area contributed by atoms with E-state index in [0.717, 1.165) is 27.9 Å². The number of carbonyl (C=O) groups is 1. The van der Waals surface area contributed by atoms with E-state index < -0.39 is 0 Å². The third kappa shape index (κ3) is 3.85. The molecule has 3 heterocycles. The highest BCUT2D eigenvalue weighted by Gasteiger charge is 2.26. The normalized spacial score (nSPS) is 11.4. The Morgan fingerprint density at radius 1 is 1.23 bits per heavy atom. The first-order valence-electron chi connectivity index (χ1n) is 10.1. The summed E-state index contributed by atoms with van der Waals surface area (Å²) in [6.45, 7) is 8.48. The van der Waals surface area contributed by atoms with Crippen molar-refractivity contribution < 1.29 is 4.79 Å². The number of hydrogen-bond acceptors (Lipinski definition) is 5. The molecule has 4 aromatic rings. The van der Waals surface area contributed by atoms with E-state index in [0.29, 0.717) is 17.4 Å². The minimum Gasteiger partial charge on any atom is -0.278 e. The fraction of sp³-hybridized carbons (Fsp3) is 0.304. The second-order valence-corrected chi connectivity index (χ2v) is 8.58. The van der Waals surface area contributed by atoms with Crippen molar-refractivity contribution in [2.24, 2.45) is 0 Å². The number of amides is 1. The predicted octanol–water partition coefficient (Wildman–Crippen LogP) is 5.19. The molecule has 0 radical (unpaired) electrons. The molecule has 3 aromatic heterocycles. The third-order valence-corrected chi connectivity index (χ3v) is 6.02. The number of fused-ring (bicyclic) bond motifs is 1. The Bertz CT molecular complexity index is 1180. The number of nitrogens with zero attached hydrogens (tertiary/aromatic N) is 5. The van der Waals surface area contributed by atoms with Crippen LogP contribution in [0.25, 0.3) is 10.2 Å². The number of aromatic nitrogens is 4. The number of aryl methyl sites for hydroxylation is 2.